The molecule has 7 atom stereocenters. The van der Waals surface area contributed by atoms with Gasteiger partial charge in [0.25, 0.3) is 0 Å². The highest BCUT2D eigenvalue weighted by Gasteiger charge is 2.63. The fourth-order valence-corrected chi connectivity index (χ4v) is 2.45. The third kappa shape index (κ3) is 4.29. The van der Waals surface area contributed by atoms with Crippen LogP contribution < -0.4 is 5.32 Å². The summed E-state index contributed by atoms with van der Waals surface area (Å²) < 4.78 is 24.1. The first-order chi connectivity index (χ1) is 11.6. The van der Waals surface area contributed by atoms with Crippen LogP contribution in [0, 0.1) is 0 Å². The van der Waals surface area contributed by atoms with Crippen molar-refractivity contribution >= 4 is 18.2 Å². The first-order valence-electron chi connectivity index (χ1n) is 7.17. The van der Waals surface area contributed by atoms with E-state index < -0.39 is 67.5 Å². The summed E-state index contributed by atoms with van der Waals surface area (Å²) in [6, 6.07) is -1.67. The first kappa shape index (κ1) is 21.3. The van der Waals surface area contributed by atoms with E-state index in [1.165, 1.54) is 0 Å². The van der Waals surface area contributed by atoms with Gasteiger partial charge in [-0.1, -0.05) is 0 Å². The lowest BCUT2D eigenvalue weighted by molar-refractivity contribution is -0.332. The molecule has 0 saturated carbocycles. The van der Waals surface area contributed by atoms with E-state index >= 15 is 0 Å². The molecule has 1 fully saturated rings. The molecule has 0 unspecified atom stereocenters. The minimum absolute atomic E-state index is 0.112. The Kier molecular flexibility index (Phi) is 7.34. The van der Waals surface area contributed by atoms with Crippen LogP contribution in [0.15, 0.2) is 0 Å². The highest BCUT2D eigenvalue weighted by Crippen LogP contribution is 2.35. The van der Waals surface area contributed by atoms with Crippen molar-refractivity contribution in [3.8, 4) is 0 Å². The van der Waals surface area contributed by atoms with Crippen LogP contribution in [0.2, 0.25) is 0 Å². The van der Waals surface area contributed by atoms with Crippen LogP contribution in [0.1, 0.15) is 6.92 Å². The van der Waals surface area contributed by atoms with Crippen molar-refractivity contribution in [3.05, 3.63) is 0 Å². The van der Waals surface area contributed by atoms with Crippen LogP contribution in [0.5, 0.6) is 0 Å². The number of aliphatic hydroxyl groups excluding tert-OH is 4. The molecule has 1 amide bonds. The zero-order valence-electron chi connectivity index (χ0n) is 13.1. The predicted octanol–water partition coefficient (Wildman–Crippen LogP) is -3.70. The summed E-state index contributed by atoms with van der Waals surface area (Å²) in [7, 11) is 0. The summed E-state index contributed by atoms with van der Waals surface area (Å²) in [5, 5.41) is 49.9. The third-order valence-corrected chi connectivity index (χ3v) is 3.65. The number of alkyl halides is 1. The Balaban J connectivity index is 3.32. The predicted molar refractivity (Wildman–Crippen MR) is 74.9 cm³/mol. The van der Waals surface area contributed by atoms with E-state index in [9.17, 15) is 39.2 Å². The summed E-state index contributed by atoms with van der Waals surface area (Å²) in [5.74, 6) is -5.99. The Morgan fingerprint density at radius 3 is 2.48 bits per heavy atom. The zero-order valence-corrected chi connectivity index (χ0v) is 13.1. The van der Waals surface area contributed by atoms with Gasteiger partial charge < -0.3 is 45.1 Å². The van der Waals surface area contributed by atoms with Gasteiger partial charge in [0.05, 0.1) is 12.6 Å². The standard InChI is InChI=1S/C13H20FNO10/c1-5(18)15-7-9(21)11(14)13(12(22)23,24-3-2-16)25-10(7)8(20)6(19)4-17/h2,6-11,17,19-21H,3-4H2,1H3,(H,15,18)(H,22,23)/t6-,7-,8-,9-,10-,11-,13-/m1/s1. The molecule has 0 aromatic heterocycles. The van der Waals surface area contributed by atoms with E-state index in [-0.39, 0.29) is 6.29 Å². The molecule has 12 heteroatoms. The second kappa shape index (κ2) is 8.60. The lowest BCUT2D eigenvalue weighted by atomic mass is 9.87. The quantitative estimate of drug-likeness (QED) is 0.233. The van der Waals surface area contributed by atoms with E-state index in [1.807, 2.05) is 0 Å². The molecular weight excluding hydrogens is 349 g/mol. The summed E-state index contributed by atoms with van der Waals surface area (Å²) in [4.78, 5) is 33.2. The fraction of sp³-hybridized carbons (Fsp3) is 0.769. The Morgan fingerprint density at radius 2 is 2.04 bits per heavy atom. The lowest BCUT2D eigenvalue weighted by Crippen LogP contribution is -2.73. The number of rotatable bonds is 8. The molecule has 0 bridgehead atoms. The molecule has 1 saturated heterocycles. The van der Waals surface area contributed by atoms with Gasteiger partial charge in [0.15, 0.2) is 6.17 Å². The topological polar surface area (TPSA) is 183 Å². The number of halogens is 1. The minimum Gasteiger partial charge on any atom is -0.477 e. The van der Waals surface area contributed by atoms with Gasteiger partial charge >= 0.3 is 11.8 Å². The molecule has 6 N–H and O–H groups in total. The Labute approximate surface area is 141 Å². The zero-order chi connectivity index (χ0) is 19.4. The normalized spacial score (nSPS) is 34.8. The molecule has 144 valence electrons. The number of nitrogens with one attached hydrogen (secondary N) is 1. The van der Waals surface area contributed by atoms with Gasteiger partial charge in [0.2, 0.25) is 5.91 Å². The van der Waals surface area contributed by atoms with Gasteiger partial charge in [-0.3, -0.25) is 4.79 Å². The average Bonchev–Trinajstić information content (AvgIpc) is 2.56. The summed E-state index contributed by atoms with van der Waals surface area (Å²) in [6.07, 6.45) is -10.6. The number of aliphatic carboxylic acids is 1. The van der Waals surface area contributed by atoms with E-state index in [0.717, 1.165) is 6.92 Å². The molecule has 0 aromatic carbocycles. The number of ether oxygens (including phenoxy) is 2. The van der Waals surface area contributed by atoms with Crippen LogP contribution in [0.25, 0.3) is 0 Å². The van der Waals surface area contributed by atoms with Crippen molar-refractivity contribution in [2.24, 2.45) is 0 Å². The summed E-state index contributed by atoms with van der Waals surface area (Å²) in [6.45, 7) is -0.873. The smallest absolute Gasteiger partial charge is 0.367 e. The first-order valence-corrected chi connectivity index (χ1v) is 7.17. The summed E-state index contributed by atoms with van der Waals surface area (Å²) in [5.41, 5.74) is 0. The van der Waals surface area contributed by atoms with Crippen LogP contribution in [0.4, 0.5) is 4.39 Å². The number of hydrogen-bond donors (Lipinski definition) is 6. The average molecular weight is 369 g/mol. The van der Waals surface area contributed by atoms with Gasteiger partial charge in [-0.2, -0.15) is 0 Å². The van der Waals surface area contributed by atoms with Crippen LogP contribution in [-0.4, -0.2) is 99.3 Å². The molecule has 0 spiro atoms. The number of carboxylic acid groups (broad SMARTS) is 1. The Morgan fingerprint density at radius 1 is 1.44 bits per heavy atom. The maximum atomic E-state index is 14.5. The molecule has 1 aliphatic heterocycles. The number of carbonyl (C=O) groups is 3. The van der Waals surface area contributed by atoms with Crippen molar-refractivity contribution in [2.45, 2.75) is 49.3 Å². The molecule has 1 rings (SSSR count). The number of amides is 1. The third-order valence-electron chi connectivity index (χ3n) is 3.65. The largest absolute Gasteiger partial charge is 0.477 e. The van der Waals surface area contributed by atoms with Crippen LogP contribution >= 0.6 is 0 Å². The summed E-state index contributed by atoms with van der Waals surface area (Å²) >= 11 is 0. The monoisotopic (exact) mass is 369 g/mol. The van der Waals surface area contributed by atoms with Crippen LogP contribution in [0.3, 0.4) is 0 Å². The van der Waals surface area contributed by atoms with Crippen molar-refractivity contribution in [1.82, 2.24) is 5.32 Å². The van der Waals surface area contributed by atoms with Gasteiger partial charge in [-0.15, -0.1) is 0 Å². The number of carbonyl (C=O) groups excluding carboxylic acids is 2. The van der Waals surface area contributed by atoms with Gasteiger partial charge in [0.1, 0.15) is 37.3 Å². The van der Waals surface area contributed by atoms with E-state index in [1.54, 1.807) is 0 Å². The molecule has 0 aliphatic carbocycles. The molecule has 0 radical (unpaired) electrons. The lowest BCUT2D eigenvalue weighted by Gasteiger charge is -2.47. The highest BCUT2D eigenvalue weighted by molar-refractivity contribution is 5.78. The molecule has 11 nitrogen and oxygen atoms in total. The number of aliphatic hydroxyl groups is 4. The molecule has 25 heavy (non-hydrogen) atoms. The number of aldehydes is 1. The van der Waals surface area contributed by atoms with Crippen molar-refractivity contribution in [3.63, 3.8) is 0 Å². The van der Waals surface area contributed by atoms with Gasteiger partial charge in [0, 0.05) is 6.92 Å². The number of hydrogen-bond acceptors (Lipinski definition) is 9. The van der Waals surface area contributed by atoms with Gasteiger partial charge in [-0.05, 0) is 0 Å². The molecule has 1 heterocycles. The second-order valence-corrected chi connectivity index (χ2v) is 5.39. The van der Waals surface area contributed by atoms with E-state index in [0.29, 0.717) is 0 Å². The Bertz CT molecular complexity index is 505. The molecule has 0 aromatic rings. The maximum Gasteiger partial charge on any atom is 0.367 e. The van der Waals surface area contributed by atoms with E-state index in [2.05, 4.69) is 10.1 Å². The second-order valence-electron chi connectivity index (χ2n) is 5.39. The van der Waals surface area contributed by atoms with Crippen molar-refractivity contribution < 1.29 is 53.8 Å². The van der Waals surface area contributed by atoms with Crippen molar-refractivity contribution in [1.29, 1.82) is 0 Å². The van der Waals surface area contributed by atoms with Crippen molar-refractivity contribution in [2.75, 3.05) is 13.2 Å². The fourth-order valence-electron chi connectivity index (χ4n) is 2.45. The Hall–Kier alpha value is -1.70. The van der Waals surface area contributed by atoms with E-state index in [4.69, 9.17) is 9.84 Å². The van der Waals surface area contributed by atoms with Crippen LogP contribution in [-0.2, 0) is 23.9 Å². The highest BCUT2D eigenvalue weighted by atomic mass is 19.1. The maximum absolute atomic E-state index is 14.5. The minimum atomic E-state index is -3.17. The molecular formula is C13H20FNO10. The van der Waals surface area contributed by atoms with Gasteiger partial charge in [-0.25, -0.2) is 9.18 Å². The SMILES string of the molecule is CC(=O)N[C@@H]1[C@@H](O)[C@@H](F)[C@](OCC=O)(C(=O)O)O[C@H]1[C@H](O)[C@H](O)CO. The molecule has 1 aliphatic rings. The number of carboxylic acids is 1.